The molecule has 3 rings (SSSR count). The number of aryl methyl sites for hydroxylation is 2. The van der Waals surface area contributed by atoms with Gasteiger partial charge in [0.05, 0.1) is 13.6 Å². The molecule has 0 unspecified atom stereocenters. The second-order valence-electron chi connectivity index (χ2n) is 12.5. The Bertz CT molecular complexity index is 1240. The van der Waals surface area contributed by atoms with Crippen molar-refractivity contribution >= 4 is 29.9 Å². The third kappa shape index (κ3) is 8.79. The van der Waals surface area contributed by atoms with Crippen LogP contribution in [0.3, 0.4) is 0 Å². The van der Waals surface area contributed by atoms with E-state index in [1.165, 1.54) is 27.8 Å². The Kier molecular flexibility index (Phi) is 10.6. The molecule has 2 aromatic carbocycles. The molecule has 197 valence electrons. The Balaban J connectivity index is 0.000000402. The number of carbonyl (C=O) groups is 1. The van der Waals surface area contributed by atoms with Crippen molar-refractivity contribution in [1.82, 2.24) is 4.98 Å². The predicted octanol–water partition coefficient (Wildman–Crippen LogP) is 7.95. The van der Waals surface area contributed by atoms with Crippen molar-refractivity contribution in [3.05, 3.63) is 71.5 Å². The molecule has 1 heterocycles. The predicted molar refractivity (Wildman–Crippen MR) is 153 cm³/mol. The molecule has 0 aliphatic carbocycles. The summed E-state index contributed by atoms with van der Waals surface area (Å²) in [6, 6.07) is 18.6. The fourth-order valence-corrected chi connectivity index (χ4v) is 4.49. The first-order valence-corrected chi connectivity index (χ1v) is 15.8. The molecule has 1 aromatic heterocycles. The van der Waals surface area contributed by atoms with Gasteiger partial charge >= 0.3 is 0 Å². The fourth-order valence-electron chi connectivity index (χ4n) is 3.32. The molecule has 0 spiro atoms. The van der Waals surface area contributed by atoms with E-state index < -0.39 is 13.5 Å². The second kappa shape index (κ2) is 12.0. The number of aliphatic hydroxyl groups excluding tert-OH is 1. The largest absolute Gasteiger partial charge is 0.512 e. The summed E-state index contributed by atoms with van der Waals surface area (Å²) in [5.74, 6) is 0.104. The minimum absolute atomic E-state index is 0. The number of benzene rings is 2. The number of nitrogens with zero attached hydrogens (tertiary/aromatic N) is 1. The van der Waals surface area contributed by atoms with Crippen LogP contribution in [0.25, 0.3) is 22.2 Å². The molecule has 3 nitrogen and oxygen atoms in total. The van der Waals surface area contributed by atoms with E-state index in [9.17, 15) is 9.90 Å². The van der Waals surface area contributed by atoms with Crippen LogP contribution >= 0.6 is 0 Å². The second-order valence-corrected chi connectivity index (χ2v) is 17.6. The molecule has 0 saturated heterocycles. The molecule has 0 bridgehead atoms. The van der Waals surface area contributed by atoms with E-state index in [-0.39, 0.29) is 37.1 Å². The summed E-state index contributed by atoms with van der Waals surface area (Å²) in [5.41, 5.74) is 4.87. The first kappa shape index (κ1) is 32.0. The van der Waals surface area contributed by atoms with Gasteiger partial charge in [0.1, 0.15) is 5.76 Å². The summed E-state index contributed by atoms with van der Waals surface area (Å²) >= 11 is 0. The first-order chi connectivity index (χ1) is 15.9. The van der Waals surface area contributed by atoms with E-state index in [1.54, 1.807) is 0 Å². The van der Waals surface area contributed by atoms with Crippen molar-refractivity contribution in [3.8, 4) is 11.3 Å². The fraction of sp³-hybridized carbons (Fsp3) is 0.419. The van der Waals surface area contributed by atoms with E-state index in [2.05, 4.69) is 76.0 Å². The van der Waals surface area contributed by atoms with Gasteiger partial charge in [-0.2, -0.15) is 0 Å². The molecule has 0 fully saturated rings. The van der Waals surface area contributed by atoms with Crippen molar-refractivity contribution < 1.29 is 30.0 Å². The van der Waals surface area contributed by atoms with Gasteiger partial charge in [0.2, 0.25) is 0 Å². The van der Waals surface area contributed by atoms with Gasteiger partial charge in [-0.3, -0.25) is 9.78 Å². The number of hydrogen-bond acceptors (Lipinski definition) is 3. The number of hydrogen-bond donors (Lipinski definition) is 1. The molecule has 0 aliphatic heterocycles. The van der Waals surface area contributed by atoms with E-state index >= 15 is 0 Å². The Hall–Kier alpha value is -2.07. The van der Waals surface area contributed by atoms with Crippen LogP contribution in [0.2, 0.25) is 19.6 Å². The monoisotopic (exact) mass is 681 g/mol. The van der Waals surface area contributed by atoms with Crippen molar-refractivity contribution in [2.24, 2.45) is 10.8 Å². The Morgan fingerprint density at radius 2 is 1.56 bits per heavy atom. The average molecular weight is 681 g/mol. The number of aliphatic hydroxyl groups is 1. The van der Waals surface area contributed by atoms with Crippen LogP contribution < -0.4 is 5.19 Å². The summed E-state index contributed by atoms with van der Waals surface area (Å²) in [7, 11) is -1.28. The van der Waals surface area contributed by atoms with Crippen LogP contribution in [0.1, 0.15) is 52.7 Å². The van der Waals surface area contributed by atoms with Crippen LogP contribution in [0, 0.1) is 30.7 Å². The van der Waals surface area contributed by atoms with E-state index in [0.29, 0.717) is 0 Å². The zero-order valence-corrected chi connectivity index (χ0v) is 27.1. The molecule has 0 aliphatic rings. The topological polar surface area (TPSA) is 50.2 Å². The number of rotatable bonds is 3. The Morgan fingerprint density at radius 1 is 0.944 bits per heavy atom. The van der Waals surface area contributed by atoms with E-state index in [4.69, 9.17) is 4.98 Å². The Labute approximate surface area is 232 Å². The zero-order chi connectivity index (χ0) is 26.8. The van der Waals surface area contributed by atoms with Gasteiger partial charge in [-0.1, -0.05) is 104 Å². The number of pyridine rings is 1. The molecule has 0 saturated carbocycles. The number of allylic oxidation sites excluding steroid dienone is 2. The van der Waals surface area contributed by atoms with Gasteiger partial charge in [0, 0.05) is 37.0 Å². The first-order valence-electron chi connectivity index (χ1n) is 12.3. The molecule has 36 heavy (non-hydrogen) atoms. The molecule has 1 radical (unpaired) electrons. The maximum atomic E-state index is 11.5. The normalized spacial score (nSPS) is 12.5. The van der Waals surface area contributed by atoms with Crippen LogP contribution in [0.4, 0.5) is 0 Å². The third-order valence-electron chi connectivity index (χ3n) is 5.87. The van der Waals surface area contributed by atoms with Crippen molar-refractivity contribution in [2.45, 2.75) is 75.0 Å². The number of aromatic nitrogens is 1. The summed E-state index contributed by atoms with van der Waals surface area (Å²) in [4.78, 5) is 16.3. The zero-order valence-electron chi connectivity index (χ0n) is 23.8. The van der Waals surface area contributed by atoms with Crippen LogP contribution in [-0.2, 0) is 24.9 Å². The number of fused-ring (bicyclic) bond motifs is 1. The molecular formula is C31H42IrNO2Si-. The molecule has 5 heteroatoms. The molecule has 1 N–H and O–H groups in total. The van der Waals surface area contributed by atoms with Crippen LogP contribution in [0.15, 0.2) is 54.3 Å². The van der Waals surface area contributed by atoms with E-state index in [0.717, 1.165) is 16.8 Å². The molecule has 0 atom stereocenters. The summed E-state index contributed by atoms with van der Waals surface area (Å²) in [6.07, 6.45) is 1.33. The molecular weight excluding hydrogens is 639 g/mol. The third-order valence-corrected chi connectivity index (χ3v) is 7.91. The van der Waals surface area contributed by atoms with Gasteiger partial charge < -0.3 is 5.11 Å². The van der Waals surface area contributed by atoms with Gasteiger partial charge in [-0.15, -0.1) is 34.9 Å². The maximum absolute atomic E-state index is 11.5. The van der Waals surface area contributed by atoms with Gasteiger partial charge in [-0.25, -0.2) is 0 Å². The average Bonchev–Trinajstić information content (AvgIpc) is 2.71. The van der Waals surface area contributed by atoms with Crippen molar-refractivity contribution in [2.75, 3.05) is 0 Å². The number of ketones is 1. The summed E-state index contributed by atoms with van der Waals surface area (Å²) in [6.45, 7) is 22.5. The Morgan fingerprint density at radius 3 is 2.06 bits per heavy atom. The summed E-state index contributed by atoms with van der Waals surface area (Å²) < 4.78 is 0. The standard InChI is InChI=1S/C20H22NSi.C11H20O2.Ir/c1-14-6-9-18(15(2)12-14)20-10-7-16-13-17(22(3,4)5)8-11-19(16)21-20;1-10(2,3)8(12)7-9(13)11(4,5)6;/h6-8,10-13H,1-5H3;7,12H,1-6H3;/q-1;;/b;8-7-;. The van der Waals surface area contributed by atoms with Crippen molar-refractivity contribution in [3.63, 3.8) is 0 Å². The van der Waals surface area contributed by atoms with Crippen LogP contribution in [-0.4, -0.2) is 23.9 Å². The minimum Gasteiger partial charge on any atom is -0.512 e. The molecule has 0 amide bonds. The van der Waals surface area contributed by atoms with Gasteiger partial charge in [0.25, 0.3) is 0 Å². The quantitative estimate of drug-likeness (QED) is 0.132. The summed E-state index contributed by atoms with van der Waals surface area (Å²) in [5, 5.41) is 12.3. The maximum Gasteiger partial charge on any atom is 0.164 e. The number of carbonyl (C=O) groups excluding carboxylic acids is 1. The van der Waals surface area contributed by atoms with Gasteiger partial charge in [0.15, 0.2) is 5.78 Å². The van der Waals surface area contributed by atoms with Gasteiger partial charge in [-0.05, 0) is 17.1 Å². The molecule has 3 aromatic rings. The van der Waals surface area contributed by atoms with Crippen LogP contribution in [0.5, 0.6) is 0 Å². The minimum atomic E-state index is -1.28. The smallest absolute Gasteiger partial charge is 0.164 e. The van der Waals surface area contributed by atoms with E-state index in [1.807, 2.05) is 47.6 Å². The SMILES string of the molecule is CC(C)(C)C(=O)/C=C(\O)C(C)(C)C.Cc1c[c-]c(-c2ccc3cc([Si](C)(C)C)ccc3n2)c(C)c1.[Ir]. The van der Waals surface area contributed by atoms with Crippen molar-refractivity contribution in [1.29, 1.82) is 0 Å².